The molecule has 0 radical (unpaired) electrons. The summed E-state index contributed by atoms with van der Waals surface area (Å²) in [5.74, 6) is -0.149. The zero-order chi connectivity index (χ0) is 17.9. The lowest BCUT2D eigenvalue weighted by Crippen LogP contribution is -2.45. The molecule has 146 valence electrons. The molecule has 0 spiro atoms. The Hall–Kier alpha value is -1.15. The number of carbonyl (C=O) groups is 1. The lowest BCUT2D eigenvalue weighted by atomic mass is 10.1. The van der Waals surface area contributed by atoms with E-state index in [0.29, 0.717) is 12.1 Å². The highest BCUT2D eigenvalue weighted by Gasteiger charge is 2.31. The van der Waals surface area contributed by atoms with Crippen LogP contribution in [0.3, 0.4) is 0 Å². The Balaban J connectivity index is 0.00000243. The zero-order valence-electron chi connectivity index (χ0n) is 15.1. The van der Waals surface area contributed by atoms with Crippen LogP contribution in [0.25, 0.3) is 0 Å². The second-order valence-corrected chi connectivity index (χ2v) is 8.89. The largest absolute Gasteiger partial charge is 0.348 e. The van der Waals surface area contributed by atoms with Crippen LogP contribution in [-0.2, 0) is 10.0 Å². The second kappa shape index (κ2) is 9.17. The molecule has 2 N–H and O–H groups in total. The Labute approximate surface area is 162 Å². The fourth-order valence-corrected chi connectivity index (χ4v) is 5.29. The average molecular weight is 402 g/mol. The average Bonchev–Trinajstić information content (AvgIpc) is 2.63. The lowest BCUT2D eigenvalue weighted by Gasteiger charge is -2.32. The van der Waals surface area contributed by atoms with E-state index in [9.17, 15) is 13.2 Å². The Kier molecular flexibility index (Phi) is 7.46. The Morgan fingerprint density at radius 2 is 1.88 bits per heavy atom. The van der Waals surface area contributed by atoms with Crippen molar-refractivity contribution in [2.45, 2.75) is 56.0 Å². The fraction of sp³-hybridized carbons (Fsp3) is 0.611. The van der Waals surface area contributed by atoms with Gasteiger partial charge in [-0.1, -0.05) is 6.42 Å². The Bertz CT molecular complexity index is 703. The van der Waals surface area contributed by atoms with Crippen molar-refractivity contribution >= 4 is 28.3 Å². The summed E-state index contributed by atoms with van der Waals surface area (Å²) >= 11 is 0. The monoisotopic (exact) mass is 401 g/mol. The first kappa shape index (κ1) is 21.2. The molecular weight excluding hydrogens is 374 g/mol. The predicted octanol–water partition coefficient (Wildman–Crippen LogP) is 2.15. The first-order chi connectivity index (χ1) is 12.0. The van der Waals surface area contributed by atoms with Gasteiger partial charge in [0, 0.05) is 30.7 Å². The number of amides is 1. The van der Waals surface area contributed by atoms with Crippen molar-refractivity contribution in [2.24, 2.45) is 0 Å². The number of nitrogens with one attached hydrogen (secondary N) is 2. The van der Waals surface area contributed by atoms with Crippen LogP contribution in [-0.4, -0.2) is 50.3 Å². The third kappa shape index (κ3) is 4.76. The van der Waals surface area contributed by atoms with Gasteiger partial charge < -0.3 is 10.6 Å². The molecule has 0 aliphatic carbocycles. The smallest absolute Gasteiger partial charge is 0.251 e. The molecule has 2 aliphatic rings. The van der Waals surface area contributed by atoms with Crippen molar-refractivity contribution in [1.82, 2.24) is 14.9 Å². The van der Waals surface area contributed by atoms with E-state index in [4.69, 9.17) is 0 Å². The number of benzene rings is 1. The molecule has 1 aromatic rings. The van der Waals surface area contributed by atoms with Crippen LogP contribution < -0.4 is 10.6 Å². The number of piperidine rings is 2. The second-order valence-electron chi connectivity index (χ2n) is 7.00. The summed E-state index contributed by atoms with van der Waals surface area (Å²) in [4.78, 5) is 12.6. The number of rotatable bonds is 4. The summed E-state index contributed by atoms with van der Waals surface area (Å²) in [6.45, 7) is 4.30. The van der Waals surface area contributed by atoms with Crippen LogP contribution in [0.15, 0.2) is 29.2 Å². The molecule has 0 bridgehead atoms. The number of nitrogens with zero attached hydrogens (tertiary/aromatic N) is 1. The van der Waals surface area contributed by atoms with Gasteiger partial charge in [-0.15, -0.1) is 12.4 Å². The van der Waals surface area contributed by atoms with Crippen molar-refractivity contribution in [2.75, 3.05) is 19.6 Å². The number of carbonyl (C=O) groups excluding carboxylic acids is 1. The first-order valence-electron chi connectivity index (χ1n) is 9.12. The normalized spacial score (nSPS) is 24.5. The molecule has 3 rings (SSSR count). The van der Waals surface area contributed by atoms with Crippen LogP contribution in [0.5, 0.6) is 0 Å². The molecule has 0 aromatic heterocycles. The third-order valence-corrected chi connectivity index (χ3v) is 7.13. The molecule has 8 heteroatoms. The first-order valence-corrected chi connectivity index (χ1v) is 10.6. The third-order valence-electron chi connectivity index (χ3n) is 5.10. The van der Waals surface area contributed by atoms with Gasteiger partial charge in [0.25, 0.3) is 5.91 Å². The number of sulfonamides is 1. The highest BCUT2D eigenvalue weighted by atomic mass is 35.5. The number of halogens is 1. The van der Waals surface area contributed by atoms with Gasteiger partial charge in [0.1, 0.15) is 0 Å². The Morgan fingerprint density at radius 1 is 1.15 bits per heavy atom. The molecule has 2 atom stereocenters. The Morgan fingerprint density at radius 3 is 2.50 bits per heavy atom. The van der Waals surface area contributed by atoms with E-state index in [1.807, 2.05) is 6.92 Å². The minimum absolute atomic E-state index is 0. The van der Waals surface area contributed by atoms with Gasteiger partial charge in [-0.3, -0.25) is 4.79 Å². The van der Waals surface area contributed by atoms with Crippen LogP contribution in [0.1, 0.15) is 49.4 Å². The van der Waals surface area contributed by atoms with E-state index >= 15 is 0 Å². The molecular formula is C18H28ClN3O3S. The maximum atomic E-state index is 12.8. The van der Waals surface area contributed by atoms with Gasteiger partial charge in [-0.2, -0.15) is 4.31 Å². The molecule has 2 aliphatic heterocycles. The summed E-state index contributed by atoms with van der Waals surface area (Å²) in [7, 11) is -3.49. The predicted molar refractivity (Wildman–Crippen MR) is 104 cm³/mol. The summed E-state index contributed by atoms with van der Waals surface area (Å²) in [6, 6.07) is 6.47. The zero-order valence-corrected chi connectivity index (χ0v) is 16.7. The van der Waals surface area contributed by atoms with Crippen LogP contribution in [0.4, 0.5) is 0 Å². The molecule has 26 heavy (non-hydrogen) atoms. The topological polar surface area (TPSA) is 78.5 Å². The quantitative estimate of drug-likeness (QED) is 0.810. The van der Waals surface area contributed by atoms with Crippen LogP contribution in [0, 0.1) is 0 Å². The van der Waals surface area contributed by atoms with Crippen molar-refractivity contribution in [3.63, 3.8) is 0 Å². The van der Waals surface area contributed by atoms with Gasteiger partial charge in [0.2, 0.25) is 10.0 Å². The summed E-state index contributed by atoms with van der Waals surface area (Å²) < 4.78 is 27.2. The molecule has 2 saturated heterocycles. The molecule has 2 heterocycles. The highest BCUT2D eigenvalue weighted by molar-refractivity contribution is 7.89. The maximum absolute atomic E-state index is 12.8. The van der Waals surface area contributed by atoms with E-state index in [1.54, 1.807) is 28.6 Å². The SMILES string of the molecule is CC1CCCCN1S(=O)(=O)c1ccc(C(=O)NC2CCCNC2)cc1.Cl. The lowest BCUT2D eigenvalue weighted by molar-refractivity contribution is 0.0930. The number of hydrogen-bond acceptors (Lipinski definition) is 4. The summed E-state index contributed by atoms with van der Waals surface area (Å²) in [6.07, 6.45) is 4.89. The van der Waals surface area contributed by atoms with E-state index in [0.717, 1.165) is 45.2 Å². The number of hydrogen-bond donors (Lipinski definition) is 2. The van der Waals surface area contributed by atoms with Gasteiger partial charge in [-0.25, -0.2) is 8.42 Å². The molecule has 1 amide bonds. The van der Waals surface area contributed by atoms with Crippen molar-refractivity contribution in [1.29, 1.82) is 0 Å². The standard InChI is InChI=1S/C18H27N3O3S.ClH/c1-14-5-2-3-12-21(14)25(23,24)17-9-7-15(8-10-17)18(22)20-16-6-4-11-19-13-16;/h7-10,14,16,19H,2-6,11-13H2,1H3,(H,20,22);1H. The minimum atomic E-state index is -3.49. The van der Waals surface area contributed by atoms with Crippen molar-refractivity contribution in [3.8, 4) is 0 Å². The van der Waals surface area contributed by atoms with Crippen molar-refractivity contribution < 1.29 is 13.2 Å². The fourth-order valence-electron chi connectivity index (χ4n) is 3.59. The molecule has 1 aromatic carbocycles. The molecule has 6 nitrogen and oxygen atoms in total. The van der Waals surface area contributed by atoms with E-state index in [2.05, 4.69) is 10.6 Å². The van der Waals surface area contributed by atoms with Crippen LogP contribution in [0.2, 0.25) is 0 Å². The highest BCUT2D eigenvalue weighted by Crippen LogP contribution is 2.25. The van der Waals surface area contributed by atoms with Crippen LogP contribution >= 0.6 is 12.4 Å². The van der Waals surface area contributed by atoms with Gasteiger partial charge in [-0.05, 0) is 63.4 Å². The van der Waals surface area contributed by atoms with E-state index < -0.39 is 10.0 Å². The maximum Gasteiger partial charge on any atom is 0.251 e. The van der Waals surface area contributed by atoms with Gasteiger partial charge >= 0.3 is 0 Å². The van der Waals surface area contributed by atoms with Gasteiger partial charge in [0.15, 0.2) is 0 Å². The van der Waals surface area contributed by atoms with E-state index in [1.165, 1.54) is 0 Å². The summed E-state index contributed by atoms with van der Waals surface area (Å²) in [5.41, 5.74) is 0.496. The van der Waals surface area contributed by atoms with E-state index in [-0.39, 0.29) is 35.3 Å². The summed E-state index contributed by atoms with van der Waals surface area (Å²) in [5, 5.41) is 6.26. The molecule has 2 fully saturated rings. The molecule has 2 unspecified atom stereocenters. The van der Waals surface area contributed by atoms with Gasteiger partial charge in [0.05, 0.1) is 4.90 Å². The minimum Gasteiger partial charge on any atom is -0.348 e. The van der Waals surface area contributed by atoms with Crippen molar-refractivity contribution in [3.05, 3.63) is 29.8 Å². The molecule has 0 saturated carbocycles.